The summed E-state index contributed by atoms with van der Waals surface area (Å²) in [7, 11) is 0. The highest BCUT2D eigenvalue weighted by atomic mass is 15.2. The molecule has 8 aromatic carbocycles. The van der Waals surface area contributed by atoms with Crippen molar-refractivity contribution in [3.63, 3.8) is 0 Å². The van der Waals surface area contributed by atoms with Crippen LogP contribution >= 0.6 is 0 Å². The number of nitrogens with zero attached hydrogens (tertiary/aromatic N) is 2. The lowest BCUT2D eigenvalue weighted by Crippen LogP contribution is -2.40. The third-order valence-electron chi connectivity index (χ3n) is 14.5. The number of hydrogen-bond donors (Lipinski definition) is 0. The molecule has 8 aromatic rings. The molecule has 2 heteroatoms. The third-order valence-corrected chi connectivity index (χ3v) is 14.5. The third kappa shape index (κ3) is 4.01. The predicted molar refractivity (Wildman–Crippen MR) is 228 cm³/mol. The number of hydrogen-bond acceptors (Lipinski definition) is 2. The SMILES string of the molecule is CC12CCCC1c1cc(-c3ccc4ccc5c(-c6ccc7c(c6)C6CCCC6(C)N7c6ccccc6)ccc6ccc3c4c65)ccc1N2c1ccccc1. The Bertz CT molecular complexity index is 2590. The van der Waals surface area contributed by atoms with Gasteiger partial charge in [-0.3, -0.25) is 0 Å². The molecular weight excluding hydrogens is 653 g/mol. The van der Waals surface area contributed by atoms with E-state index >= 15 is 0 Å². The fraction of sp³-hybridized carbons (Fsp3) is 0.231. The fourth-order valence-corrected chi connectivity index (χ4v) is 12.1. The van der Waals surface area contributed by atoms with Crippen LogP contribution in [-0.4, -0.2) is 11.1 Å². The van der Waals surface area contributed by atoms with E-state index in [1.165, 1.54) is 127 Å². The van der Waals surface area contributed by atoms with E-state index in [0.717, 1.165) is 0 Å². The van der Waals surface area contributed by atoms with Crippen molar-refractivity contribution in [2.45, 2.75) is 75.3 Å². The van der Waals surface area contributed by atoms with Crippen LogP contribution in [0.5, 0.6) is 0 Å². The lowest BCUT2D eigenvalue weighted by Gasteiger charge is -2.37. The van der Waals surface area contributed by atoms with Crippen LogP contribution < -0.4 is 9.80 Å². The number of para-hydroxylation sites is 2. The monoisotopic (exact) mass is 696 g/mol. The van der Waals surface area contributed by atoms with Gasteiger partial charge in [0.1, 0.15) is 0 Å². The van der Waals surface area contributed by atoms with Gasteiger partial charge in [0.05, 0.1) is 0 Å². The molecule has 0 spiro atoms. The average Bonchev–Trinajstić information content (AvgIpc) is 3.92. The number of benzene rings is 8. The van der Waals surface area contributed by atoms with E-state index in [4.69, 9.17) is 0 Å². The second-order valence-corrected chi connectivity index (χ2v) is 17.1. The topological polar surface area (TPSA) is 6.48 Å². The first kappa shape index (κ1) is 30.8. The van der Waals surface area contributed by atoms with Gasteiger partial charge in [-0.15, -0.1) is 0 Å². The minimum Gasteiger partial charge on any atom is -0.335 e. The summed E-state index contributed by atoms with van der Waals surface area (Å²) in [5.41, 5.74) is 14.0. The average molecular weight is 697 g/mol. The molecule has 2 fully saturated rings. The van der Waals surface area contributed by atoms with Gasteiger partial charge >= 0.3 is 0 Å². The largest absolute Gasteiger partial charge is 0.335 e. The molecule has 2 aliphatic carbocycles. The highest BCUT2D eigenvalue weighted by Crippen LogP contribution is 2.61. The van der Waals surface area contributed by atoms with E-state index in [-0.39, 0.29) is 11.1 Å². The first-order valence-electron chi connectivity index (χ1n) is 20.2. The van der Waals surface area contributed by atoms with Crippen LogP contribution in [0.4, 0.5) is 22.7 Å². The first-order chi connectivity index (χ1) is 26.5. The van der Waals surface area contributed by atoms with Gasteiger partial charge in [0.25, 0.3) is 0 Å². The fourth-order valence-electron chi connectivity index (χ4n) is 12.1. The van der Waals surface area contributed by atoms with Crippen LogP contribution in [0.25, 0.3) is 54.6 Å². The van der Waals surface area contributed by atoms with Crippen molar-refractivity contribution in [3.8, 4) is 22.3 Å². The summed E-state index contributed by atoms with van der Waals surface area (Å²) in [6.07, 6.45) is 7.53. The van der Waals surface area contributed by atoms with Gasteiger partial charge in [-0.2, -0.15) is 0 Å². The van der Waals surface area contributed by atoms with Gasteiger partial charge in [-0.25, -0.2) is 0 Å². The van der Waals surface area contributed by atoms with Gasteiger partial charge in [-0.05, 0) is 154 Å². The second kappa shape index (κ2) is 11.0. The molecule has 4 aliphatic rings. The van der Waals surface area contributed by atoms with Crippen LogP contribution in [0.2, 0.25) is 0 Å². The molecule has 12 rings (SSSR count). The molecule has 2 aliphatic heterocycles. The molecule has 2 nitrogen and oxygen atoms in total. The number of anilines is 4. The van der Waals surface area contributed by atoms with Crippen molar-refractivity contribution < 1.29 is 0 Å². The molecule has 262 valence electrons. The van der Waals surface area contributed by atoms with E-state index in [0.29, 0.717) is 11.8 Å². The van der Waals surface area contributed by atoms with Crippen LogP contribution in [0.3, 0.4) is 0 Å². The van der Waals surface area contributed by atoms with Gasteiger partial charge in [0, 0.05) is 45.7 Å². The minimum atomic E-state index is 0.120. The van der Waals surface area contributed by atoms with Crippen molar-refractivity contribution in [1.82, 2.24) is 0 Å². The van der Waals surface area contributed by atoms with Crippen LogP contribution in [0.1, 0.15) is 75.3 Å². The summed E-state index contributed by atoms with van der Waals surface area (Å²) in [6.45, 7) is 5.00. The Balaban J connectivity index is 1.00. The quantitative estimate of drug-likeness (QED) is 0.169. The highest BCUT2D eigenvalue weighted by Gasteiger charge is 2.52. The molecule has 0 aromatic heterocycles. The van der Waals surface area contributed by atoms with Crippen molar-refractivity contribution in [1.29, 1.82) is 0 Å². The maximum atomic E-state index is 2.65. The van der Waals surface area contributed by atoms with Crippen molar-refractivity contribution >= 4 is 55.1 Å². The molecule has 0 radical (unpaired) electrons. The lowest BCUT2D eigenvalue weighted by atomic mass is 9.84. The van der Waals surface area contributed by atoms with Gasteiger partial charge < -0.3 is 9.80 Å². The van der Waals surface area contributed by atoms with Crippen molar-refractivity contribution in [2.24, 2.45) is 0 Å². The summed E-state index contributed by atoms with van der Waals surface area (Å²) < 4.78 is 0. The molecule has 54 heavy (non-hydrogen) atoms. The summed E-state index contributed by atoms with van der Waals surface area (Å²) in [5, 5.41) is 8.12. The first-order valence-corrected chi connectivity index (χ1v) is 20.2. The van der Waals surface area contributed by atoms with Crippen molar-refractivity contribution in [3.05, 3.63) is 157 Å². The Kier molecular flexibility index (Phi) is 6.27. The standard InChI is InChI=1S/C52H44N2/c1-51-29-9-15-45(51)43-31-35(21-27-47(43)53(51)37-11-5-3-6-12-37)39-23-17-33-20-26-42-40(24-18-34-19-25-41(39)49(33)50(34)42)36-22-28-48-44(32-36)46-16-10-30-52(46,2)54(48)38-13-7-4-8-14-38/h3-8,11-14,17-28,31-32,45-46H,9-10,15-16,29-30H2,1-2H3. The Morgan fingerprint density at radius 1 is 0.463 bits per heavy atom. The Morgan fingerprint density at radius 2 is 0.889 bits per heavy atom. The van der Waals surface area contributed by atoms with Crippen molar-refractivity contribution in [2.75, 3.05) is 9.80 Å². The summed E-state index contributed by atoms with van der Waals surface area (Å²) in [6, 6.07) is 55.8. The Labute approximate surface area is 318 Å². The van der Waals surface area contributed by atoms with Gasteiger partial charge in [-0.1, -0.05) is 110 Å². The zero-order chi connectivity index (χ0) is 35.8. The van der Waals surface area contributed by atoms with E-state index in [1.54, 1.807) is 0 Å². The predicted octanol–water partition coefficient (Wildman–Crippen LogP) is 14.3. The highest BCUT2D eigenvalue weighted by molar-refractivity contribution is 6.27. The molecule has 0 saturated heterocycles. The maximum absolute atomic E-state index is 2.65. The summed E-state index contributed by atoms with van der Waals surface area (Å²) in [5.74, 6) is 1.09. The zero-order valence-corrected chi connectivity index (χ0v) is 31.1. The van der Waals surface area contributed by atoms with Gasteiger partial charge in [0.2, 0.25) is 0 Å². The zero-order valence-electron chi connectivity index (χ0n) is 31.1. The van der Waals surface area contributed by atoms with Gasteiger partial charge in [0.15, 0.2) is 0 Å². The molecule has 2 heterocycles. The molecular formula is C52H44N2. The second-order valence-electron chi connectivity index (χ2n) is 17.1. The van der Waals surface area contributed by atoms with Crippen LogP contribution in [-0.2, 0) is 0 Å². The molecule has 0 amide bonds. The minimum absolute atomic E-state index is 0.120. The summed E-state index contributed by atoms with van der Waals surface area (Å²) in [4.78, 5) is 5.31. The van der Waals surface area contributed by atoms with E-state index < -0.39 is 0 Å². The lowest BCUT2D eigenvalue weighted by molar-refractivity contribution is 0.451. The van der Waals surface area contributed by atoms with E-state index in [2.05, 4.69) is 169 Å². The normalized spacial score (nSPS) is 24.1. The number of fused-ring (bicyclic) bond motifs is 6. The molecule has 2 saturated carbocycles. The Hall–Kier alpha value is -5.60. The number of rotatable bonds is 4. The van der Waals surface area contributed by atoms with E-state index in [9.17, 15) is 0 Å². The summed E-state index contributed by atoms with van der Waals surface area (Å²) >= 11 is 0. The molecule has 0 bridgehead atoms. The van der Waals surface area contributed by atoms with Crippen LogP contribution in [0.15, 0.2) is 146 Å². The van der Waals surface area contributed by atoms with Crippen LogP contribution in [0, 0.1) is 0 Å². The molecule has 4 unspecified atom stereocenters. The molecule has 0 N–H and O–H groups in total. The Morgan fingerprint density at radius 3 is 1.33 bits per heavy atom. The van der Waals surface area contributed by atoms with E-state index in [1.807, 2.05) is 0 Å². The smallest absolute Gasteiger partial charge is 0.0492 e. The maximum Gasteiger partial charge on any atom is 0.0492 e. The molecule has 4 atom stereocenters.